The van der Waals surface area contributed by atoms with Gasteiger partial charge in [-0.25, -0.2) is 0 Å². The molecule has 0 aliphatic carbocycles. The van der Waals surface area contributed by atoms with Crippen LogP contribution in [0.3, 0.4) is 0 Å². The quantitative estimate of drug-likeness (QED) is 0.800. The normalized spacial score (nSPS) is 10.2. The summed E-state index contributed by atoms with van der Waals surface area (Å²) in [6.07, 6.45) is 0.596. The van der Waals surface area contributed by atoms with E-state index in [0.29, 0.717) is 33.7 Å². The van der Waals surface area contributed by atoms with E-state index in [4.69, 9.17) is 34.8 Å². The van der Waals surface area contributed by atoms with Gasteiger partial charge >= 0.3 is 11.8 Å². The predicted molar refractivity (Wildman–Crippen MR) is 93.3 cm³/mol. The Balaban J connectivity index is 1.83. The minimum atomic E-state index is -0.778. The molecule has 0 unspecified atom stereocenters. The molecule has 0 atom stereocenters. The second kappa shape index (κ2) is 8.20. The topological polar surface area (TPSA) is 58.2 Å². The predicted octanol–water partition coefficient (Wildman–Crippen LogP) is 3.94. The molecule has 4 nitrogen and oxygen atoms in total. The van der Waals surface area contributed by atoms with Crippen LogP contribution in [0.5, 0.6) is 0 Å². The van der Waals surface area contributed by atoms with Crippen molar-refractivity contribution in [3.63, 3.8) is 0 Å². The van der Waals surface area contributed by atoms with Crippen LogP contribution in [0.15, 0.2) is 42.5 Å². The van der Waals surface area contributed by atoms with Crippen LogP contribution in [0.25, 0.3) is 0 Å². The number of hydrogen-bond donors (Lipinski definition) is 2. The molecule has 2 N–H and O–H groups in total. The van der Waals surface area contributed by atoms with E-state index in [1.807, 2.05) is 12.1 Å². The van der Waals surface area contributed by atoms with Crippen LogP contribution in [0.2, 0.25) is 15.1 Å². The molecule has 0 saturated carbocycles. The fourth-order valence-corrected chi connectivity index (χ4v) is 2.52. The molecule has 0 aliphatic heterocycles. The van der Waals surface area contributed by atoms with E-state index in [1.165, 1.54) is 18.2 Å². The maximum Gasteiger partial charge on any atom is 0.313 e. The fraction of sp³-hybridized carbons (Fsp3) is 0.125. The Labute approximate surface area is 148 Å². The minimum absolute atomic E-state index is 0.337. The summed E-state index contributed by atoms with van der Waals surface area (Å²) in [5.41, 5.74) is 1.37. The van der Waals surface area contributed by atoms with Crippen LogP contribution in [0, 0.1) is 0 Å². The van der Waals surface area contributed by atoms with Crippen molar-refractivity contribution < 1.29 is 9.59 Å². The number of carbonyl (C=O) groups is 2. The number of hydrogen-bond acceptors (Lipinski definition) is 2. The van der Waals surface area contributed by atoms with Crippen LogP contribution < -0.4 is 10.6 Å². The molecule has 2 aromatic rings. The molecule has 0 spiro atoms. The average molecular weight is 372 g/mol. The number of nitrogens with one attached hydrogen (secondary N) is 2. The zero-order chi connectivity index (χ0) is 16.8. The van der Waals surface area contributed by atoms with Crippen molar-refractivity contribution >= 4 is 52.3 Å². The number of halogens is 3. The van der Waals surface area contributed by atoms with Crippen molar-refractivity contribution in [1.82, 2.24) is 5.32 Å². The zero-order valence-electron chi connectivity index (χ0n) is 11.9. The summed E-state index contributed by atoms with van der Waals surface area (Å²) < 4.78 is 0. The summed E-state index contributed by atoms with van der Waals surface area (Å²) in [6.45, 7) is 0.337. The summed E-state index contributed by atoms with van der Waals surface area (Å²) in [6, 6.07) is 11.8. The van der Waals surface area contributed by atoms with Crippen molar-refractivity contribution in [2.24, 2.45) is 0 Å². The van der Waals surface area contributed by atoms with Crippen molar-refractivity contribution in [2.45, 2.75) is 6.42 Å². The lowest BCUT2D eigenvalue weighted by Crippen LogP contribution is -2.36. The summed E-state index contributed by atoms with van der Waals surface area (Å²) >= 11 is 17.5. The first-order chi connectivity index (χ1) is 10.9. The van der Waals surface area contributed by atoms with Gasteiger partial charge in [0.15, 0.2) is 0 Å². The van der Waals surface area contributed by atoms with Gasteiger partial charge in [-0.3, -0.25) is 9.59 Å². The van der Waals surface area contributed by atoms with Gasteiger partial charge < -0.3 is 10.6 Å². The molecule has 0 saturated heterocycles. The van der Waals surface area contributed by atoms with E-state index >= 15 is 0 Å². The molecule has 0 fully saturated rings. The van der Waals surface area contributed by atoms with Crippen molar-refractivity contribution in [2.75, 3.05) is 11.9 Å². The SMILES string of the molecule is O=C(NCCc1ccc(Cl)cc1)C(=O)Nc1cc(Cl)cc(Cl)c1. The molecule has 0 bridgehead atoms. The number of rotatable bonds is 4. The van der Waals surface area contributed by atoms with Crippen molar-refractivity contribution in [3.8, 4) is 0 Å². The summed E-state index contributed by atoms with van der Waals surface area (Å²) in [5.74, 6) is -1.51. The zero-order valence-corrected chi connectivity index (χ0v) is 14.2. The molecular formula is C16H13Cl3N2O2. The van der Waals surface area contributed by atoms with E-state index in [9.17, 15) is 9.59 Å². The summed E-state index contributed by atoms with van der Waals surface area (Å²) in [4.78, 5) is 23.5. The van der Waals surface area contributed by atoms with Crippen molar-refractivity contribution in [3.05, 3.63) is 63.1 Å². The Hall–Kier alpha value is -1.75. The van der Waals surface area contributed by atoms with Gasteiger partial charge in [0.1, 0.15) is 0 Å². The first-order valence-corrected chi connectivity index (χ1v) is 7.87. The van der Waals surface area contributed by atoms with Gasteiger partial charge in [0.05, 0.1) is 0 Å². The Bertz CT molecular complexity index is 698. The molecule has 2 aromatic carbocycles. The number of benzene rings is 2. The maximum absolute atomic E-state index is 11.8. The van der Waals surface area contributed by atoms with Gasteiger partial charge in [-0.1, -0.05) is 46.9 Å². The molecular weight excluding hydrogens is 359 g/mol. The minimum Gasteiger partial charge on any atom is -0.347 e. The Kier molecular flexibility index (Phi) is 6.28. The molecule has 0 aliphatic rings. The molecule has 7 heteroatoms. The fourth-order valence-electron chi connectivity index (χ4n) is 1.87. The van der Waals surface area contributed by atoms with Crippen molar-refractivity contribution in [1.29, 1.82) is 0 Å². The smallest absolute Gasteiger partial charge is 0.313 e. The standard InChI is InChI=1S/C16H13Cl3N2O2/c17-11-3-1-10(2-4-11)5-6-20-15(22)16(23)21-14-8-12(18)7-13(19)9-14/h1-4,7-9H,5-6H2,(H,20,22)(H,21,23). The molecule has 0 heterocycles. The highest BCUT2D eigenvalue weighted by Crippen LogP contribution is 2.22. The van der Waals surface area contributed by atoms with E-state index in [1.54, 1.807) is 12.1 Å². The number of carbonyl (C=O) groups excluding carboxylic acids is 2. The maximum atomic E-state index is 11.8. The third kappa shape index (κ3) is 5.75. The summed E-state index contributed by atoms with van der Waals surface area (Å²) in [5, 5.41) is 6.38. The van der Waals surface area contributed by atoms with Gasteiger partial charge in [-0.2, -0.15) is 0 Å². The van der Waals surface area contributed by atoms with E-state index in [-0.39, 0.29) is 0 Å². The second-order valence-corrected chi connectivity index (χ2v) is 6.05. The molecule has 2 rings (SSSR count). The van der Waals surface area contributed by atoms with Gasteiger partial charge in [0, 0.05) is 27.3 Å². The Morgan fingerprint density at radius 2 is 1.43 bits per heavy atom. The van der Waals surface area contributed by atoms with Gasteiger partial charge in [0.25, 0.3) is 0 Å². The third-order valence-electron chi connectivity index (χ3n) is 2.94. The average Bonchev–Trinajstić information content (AvgIpc) is 2.48. The molecule has 0 aromatic heterocycles. The molecule has 2 amide bonds. The highest BCUT2D eigenvalue weighted by molar-refractivity contribution is 6.40. The van der Waals surface area contributed by atoms with Crippen LogP contribution in [0.4, 0.5) is 5.69 Å². The Morgan fingerprint density at radius 1 is 0.826 bits per heavy atom. The lowest BCUT2D eigenvalue weighted by molar-refractivity contribution is -0.136. The van der Waals surface area contributed by atoms with E-state index < -0.39 is 11.8 Å². The molecule has 0 radical (unpaired) electrons. The Morgan fingerprint density at radius 3 is 2.04 bits per heavy atom. The number of amides is 2. The van der Waals surface area contributed by atoms with Crippen LogP contribution >= 0.6 is 34.8 Å². The highest BCUT2D eigenvalue weighted by Gasteiger charge is 2.13. The molecule has 23 heavy (non-hydrogen) atoms. The van der Waals surface area contributed by atoms with E-state index in [0.717, 1.165) is 5.56 Å². The highest BCUT2D eigenvalue weighted by atomic mass is 35.5. The first-order valence-electron chi connectivity index (χ1n) is 6.74. The van der Waals surface area contributed by atoms with Crippen LogP contribution in [-0.4, -0.2) is 18.4 Å². The van der Waals surface area contributed by atoms with E-state index in [2.05, 4.69) is 10.6 Å². The van der Waals surface area contributed by atoms with Gasteiger partial charge in [-0.05, 0) is 42.3 Å². The largest absolute Gasteiger partial charge is 0.347 e. The lowest BCUT2D eigenvalue weighted by atomic mass is 10.1. The second-order valence-electron chi connectivity index (χ2n) is 4.74. The van der Waals surface area contributed by atoms with Crippen LogP contribution in [-0.2, 0) is 16.0 Å². The summed E-state index contributed by atoms with van der Waals surface area (Å²) in [7, 11) is 0. The van der Waals surface area contributed by atoms with Gasteiger partial charge in [0.2, 0.25) is 0 Å². The van der Waals surface area contributed by atoms with Gasteiger partial charge in [-0.15, -0.1) is 0 Å². The molecule has 120 valence electrons. The lowest BCUT2D eigenvalue weighted by Gasteiger charge is -2.07. The third-order valence-corrected chi connectivity index (χ3v) is 3.63. The number of anilines is 1. The van der Waals surface area contributed by atoms with Crippen LogP contribution in [0.1, 0.15) is 5.56 Å². The monoisotopic (exact) mass is 370 g/mol. The first kappa shape index (κ1) is 17.6.